The number of para-hydroxylation sites is 1. The molecule has 5 heteroatoms. The van der Waals surface area contributed by atoms with Gasteiger partial charge in [0, 0.05) is 18.7 Å². The molecule has 2 aromatic rings. The highest BCUT2D eigenvalue weighted by molar-refractivity contribution is 6.06. The van der Waals surface area contributed by atoms with E-state index in [1.165, 1.54) is 5.56 Å². The first kappa shape index (κ1) is 19.1. The Morgan fingerprint density at radius 3 is 2.46 bits per heavy atom. The van der Waals surface area contributed by atoms with Gasteiger partial charge >= 0.3 is 0 Å². The van der Waals surface area contributed by atoms with Crippen LogP contribution in [0, 0.1) is 0 Å². The summed E-state index contributed by atoms with van der Waals surface area (Å²) in [6, 6.07) is 18.4. The molecule has 0 radical (unpaired) electrons. The first-order valence-electron chi connectivity index (χ1n) is 10.2. The number of carbonyl (C=O) groups excluding carboxylic acids is 1. The van der Waals surface area contributed by atoms with Crippen LogP contribution in [0.2, 0.25) is 0 Å². The number of carbonyl (C=O) groups is 1. The molecule has 1 saturated heterocycles. The fourth-order valence-electron chi connectivity index (χ4n) is 4.10. The topological polar surface area (TPSA) is 42.0 Å². The number of fused-ring (bicyclic) bond motifs is 2. The van der Waals surface area contributed by atoms with Crippen LogP contribution in [0.15, 0.2) is 54.6 Å². The van der Waals surface area contributed by atoms with E-state index in [1.54, 1.807) is 0 Å². The largest absolute Gasteiger partial charge is 0.336 e. The minimum absolute atomic E-state index is 0.0807. The smallest absolute Gasteiger partial charge is 0.292 e. The lowest BCUT2D eigenvalue weighted by molar-refractivity contribution is -0.180. The molecule has 5 nitrogen and oxygen atoms in total. The van der Waals surface area contributed by atoms with Crippen LogP contribution < -0.4 is 4.90 Å². The number of unbranched alkanes of at least 4 members (excludes halogenated alkanes) is 1. The zero-order valence-electron chi connectivity index (χ0n) is 16.5. The summed E-state index contributed by atoms with van der Waals surface area (Å²) in [7, 11) is 0. The van der Waals surface area contributed by atoms with Gasteiger partial charge in [0.1, 0.15) is 0 Å². The Labute approximate surface area is 166 Å². The van der Waals surface area contributed by atoms with Gasteiger partial charge in [-0.25, -0.2) is 0 Å². The summed E-state index contributed by atoms with van der Waals surface area (Å²) >= 11 is 0. The fourth-order valence-corrected chi connectivity index (χ4v) is 4.10. The van der Waals surface area contributed by atoms with Gasteiger partial charge in [-0.1, -0.05) is 55.5 Å². The zero-order valence-corrected chi connectivity index (χ0v) is 16.5. The fraction of sp³-hybridized carbons (Fsp3) is 0.435. The molecular weight excluding hydrogens is 352 g/mol. The normalized spacial score (nSPS) is 17.6. The van der Waals surface area contributed by atoms with Crippen molar-refractivity contribution < 1.29 is 14.3 Å². The monoisotopic (exact) mass is 380 g/mol. The maximum absolute atomic E-state index is 13.1. The molecule has 2 aromatic carbocycles. The van der Waals surface area contributed by atoms with Gasteiger partial charge in [0.15, 0.2) is 0 Å². The van der Waals surface area contributed by atoms with Crippen LogP contribution in [0.25, 0.3) is 0 Å². The minimum atomic E-state index is -1.21. The molecule has 1 fully saturated rings. The second kappa shape index (κ2) is 8.43. The summed E-state index contributed by atoms with van der Waals surface area (Å²) in [5, 5.41) is 0. The van der Waals surface area contributed by atoms with Crippen LogP contribution in [-0.4, -0.2) is 43.7 Å². The highest BCUT2D eigenvalue weighted by Gasteiger charge is 2.55. The molecular formula is C23H28N2O3. The van der Waals surface area contributed by atoms with Gasteiger partial charge in [0.05, 0.1) is 18.9 Å². The van der Waals surface area contributed by atoms with Crippen LogP contribution in [-0.2, 0) is 26.6 Å². The lowest BCUT2D eigenvalue weighted by Crippen LogP contribution is -2.41. The molecule has 0 aliphatic carbocycles. The van der Waals surface area contributed by atoms with Gasteiger partial charge in [-0.15, -0.1) is 0 Å². The van der Waals surface area contributed by atoms with Gasteiger partial charge in [-0.3, -0.25) is 9.69 Å². The molecule has 4 rings (SSSR count). The number of anilines is 1. The van der Waals surface area contributed by atoms with Crippen molar-refractivity contribution in [3.05, 3.63) is 65.7 Å². The van der Waals surface area contributed by atoms with Crippen LogP contribution in [0.4, 0.5) is 5.69 Å². The summed E-state index contributed by atoms with van der Waals surface area (Å²) in [5.41, 5.74) is 3.10. The van der Waals surface area contributed by atoms with Crippen LogP contribution >= 0.6 is 0 Å². The summed E-state index contributed by atoms with van der Waals surface area (Å²) in [4.78, 5) is 17.4. The molecule has 1 spiro atoms. The minimum Gasteiger partial charge on any atom is -0.336 e. The maximum atomic E-state index is 13.1. The average Bonchev–Trinajstić information content (AvgIpc) is 3.32. The molecule has 148 valence electrons. The summed E-state index contributed by atoms with van der Waals surface area (Å²) < 4.78 is 11.6. The van der Waals surface area contributed by atoms with Crippen molar-refractivity contribution in [1.29, 1.82) is 0 Å². The lowest BCUT2D eigenvalue weighted by Gasteiger charge is -2.23. The SMILES string of the molecule is CCN(CCCCN1C(=O)C2(OCCO2)c2ccccc21)Cc1ccccc1. The van der Waals surface area contributed by atoms with Gasteiger partial charge < -0.3 is 14.4 Å². The van der Waals surface area contributed by atoms with E-state index < -0.39 is 5.79 Å². The van der Waals surface area contributed by atoms with E-state index in [1.807, 2.05) is 29.2 Å². The molecule has 2 heterocycles. The second-order valence-corrected chi connectivity index (χ2v) is 7.35. The molecule has 28 heavy (non-hydrogen) atoms. The predicted molar refractivity (Wildman–Crippen MR) is 109 cm³/mol. The third-order valence-corrected chi connectivity index (χ3v) is 5.57. The number of hydrogen-bond acceptors (Lipinski definition) is 4. The number of rotatable bonds is 8. The summed E-state index contributed by atoms with van der Waals surface area (Å²) in [5.74, 6) is -1.29. The molecule has 2 aliphatic heterocycles. The molecule has 0 saturated carbocycles. The van der Waals surface area contributed by atoms with Crippen molar-refractivity contribution >= 4 is 11.6 Å². The van der Waals surface area contributed by atoms with E-state index in [0.29, 0.717) is 19.8 Å². The molecule has 1 amide bonds. The quantitative estimate of drug-likeness (QED) is 0.657. The summed E-state index contributed by atoms with van der Waals surface area (Å²) in [6.45, 7) is 6.80. The molecule has 0 bridgehead atoms. The van der Waals surface area contributed by atoms with Gasteiger partial charge in [0.2, 0.25) is 0 Å². The van der Waals surface area contributed by atoms with Crippen molar-refractivity contribution in [3.63, 3.8) is 0 Å². The number of ether oxygens (including phenoxy) is 2. The number of benzene rings is 2. The third kappa shape index (κ3) is 3.58. The Hall–Kier alpha value is -2.21. The van der Waals surface area contributed by atoms with E-state index in [9.17, 15) is 4.79 Å². The van der Waals surface area contributed by atoms with Gasteiger partial charge in [-0.05, 0) is 37.6 Å². The maximum Gasteiger partial charge on any atom is 0.292 e. The van der Waals surface area contributed by atoms with Crippen molar-refractivity contribution in [2.75, 3.05) is 37.7 Å². The second-order valence-electron chi connectivity index (χ2n) is 7.35. The lowest BCUT2D eigenvalue weighted by atomic mass is 10.1. The van der Waals surface area contributed by atoms with Crippen molar-refractivity contribution in [1.82, 2.24) is 4.90 Å². The molecule has 0 N–H and O–H groups in total. The van der Waals surface area contributed by atoms with Crippen LogP contribution in [0.5, 0.6) is 0 Å². The van der Waals surface area contributed by atoms with Crippen molar-refractivity contribution in [3.8, 4) is 0 Å². The van der Waals surface area contributed by atoms with E-state index in [-0.39, 0.29) is 5.91 Å². The van der Waals surface area contributed by atoms with Crippen LogP contribution in [0.3, 0.4) is 0 Å². The van der Waals surface area contributed by atoms with Crippen LogP contribution in [0.1, 0.15) is 30.9 Å². The highest BCUT2D eigenvalue weighted by atomic mass is 16.7. The standard InChI is InChI=1S/C23H28N2O3/c1-2-24(18-19-10-4-3-5-11-19)14-8-9-15-25-21-13-7-6-12-20(21)23(22(25)26)27-16-17-28-23/h3-7,10-13H,2,8-9,14-18H2,1H3. The Bertz CT molecular complexity index is 803. The van der Waals surface area contributed by atoms with Crippen molar-refractivity contribution in [2.45, 2.75) is 32.1 Å². The molecule has 2 aliphatic rings. The Morgan fingerprint density at radius 1 is 1.00 bits per heavy atom. The third-order valence-electron chi connectivity index (χ3n) is 5.57. The predicted octanol–water partition coefficient (Wildman–Crippen LogP) is 3.54. The number of hydrogen-bond donors (Lipinski definition) is 0. The zero-order chi connectivity index (χ0) is 19.4. The molecule has 0 atom stereocenters. The van der Waals surface area contributed by atoms with Crippen molar-refractivity contribution in [2.24, 2.45) is 0 Å². The molecule has 0 unspecified atom stereocenters. The van der Waals surface area contributed by atoms with E-state index in [0.717, 1.165) is 43.7 Å². The first-order valence-corrected chi connectivity index (χ1v) is 10.2. The first-order chi connectivity index (χ1) is 13.7. The Kier molecular flexibility index (Phi) is 5.76. The van der Waals surface area contributed by atoms with E-state index >= 15 is 0 Å². The highest BCUT2D eigenvalue weighted by Crippen LogP contribution is 2.45. The number of amides is 1. The Balaban J connectivity index is 1.34. The Morgan fingerprint density at radius 2 is 1.71 bits per heavy atom. The van der Waals surface area contributed by atoms with Gasteiger partial charge in [-0.2, -0.15) is 0 Å². The molecule has 0 aromatic heterocycles. The van der Waals surface area contributed by atoms with E-state index in [2.05, 4.69) is 42.2 Å². The van der Waals surface area contributed by atoms with E-state index in [4.69, 9.17) is 9.47 Å². The summed E-state index contributed by atoms with van der Waals surface area (Å²) in [6.07, 6.45) is 1.99. The average molecular weight is 380 g/mol. The van der Waals surface area contributed by atoms with Gasteiger partial charge in [0.25, 0.3) is 11.7 Å². The number of nitrogens with zero attached hydrogens (tertiary/aromatic N) is 2.